The van der Waals surface area contributed by atoms with Crippen molar-refractivity contribution in [3.63, 3.8) is 0 Å². The van der Waals surface area contributed by atoms with Crippen molar-refractivity contribution >= 4 is 0 Å². The van der Waals surface area contributed by atoms with Crippen molar-refractivity contribution in [1.29, 1.82) is 5.26 Å². The molecule has 0 saturated heterocycles. The Morgan fingerprint density at radius 1 is 1.00 bits per heavy atom. The molecule has 3 unspecified atom stereocenters. The lowest BCUT2D eigenvalue weighted by molar-refractivity contribution is 0.0408. The predicted octanol–water partition coefficient (Wildman–Crippen LogP) is 4.61. The lowest BCUT2D eigenvalue weighted by Crippen LogP contribution is -2.49. The number of rotatable bonds is 2. The zero-order valence-electron chi connectivity index (χ0n) is 13.9. The summed E-state index contributed by atoms with van der Waals surface area (Å²) in [6, 6.07) is 3.82. The van der Waals surface area contributed by atoms with E-state index in [1.54, 1.807) is 0 Å². The molecule has 2 aliphatic carbocycles. The van der Waals surface area contributed by atoms with Gasteiger partial charge in [0, 0.05) is 12.1 Å². The molecule has 0 aromatic heterocycles. The first-order valence-electron chi connectivity index (χ1n) is 8.55. The lowest BCUT2D eigenvalue weighted by atomic mass is 9.67. The van der Waals surface area contributed by atoms with Crippen LogP contribution in [0.2, 0.25) is 0 Å². The summed E-state index contributed by atoms with van der Waals surface area (Å²) >= 11 is 0. The first-order chi connectivity index (χ1) is 9.43. The van der Waals surface area contributed by atoms with Gasteiger partial charge in [0.1, 0.15) is 0 Å². The lowest BCUT2D eigenvalue weighted by Gasteiger charge is -2.46. The van der Waals surface area contributed by atoms with Gasteiger partial charge < -0.3 is 0 Å². The van der Waals surface area contributed by atoms with Crippen LogP contribution >= 0.6 is 0 Å². The maximum Gasteiger partial charge on any atom is 0.0672 e. The van der Waals surface area contributed by atoms with Gasteiger partial charge in [-0.05, 0) is 50.5 Å². The fourth-order valence-corrected chi connectivity index (χ4v) is 4.29. The molecule has 0 radical (unpaired) electrons. The van der Waals surface area contributed by atoms with Crippen LogP contribution in [0.5, 0.6) is 0 Å². The molecule has 0 spiro atoms. The van der Waals surface area contributed by atoms with Gasteiger partial charge in [0.05, 0.1) is 12.0 Å². The van der Waals surface area contributed by atoms with Crippen LogP contribution in [0, 0.1) is 28.6 Å². The minimum Gasteiger partial charge on any atom is -0.299 e. The van der Waals surface area contributed by atoms with Crippen LogP contribution in [0.1, 0.15) is 72.1 Å². The molecular formula is C18H32N2. The van der Waals surface area contributed by atoms with Crippen LogP contribution in [0.3, 0.4) is 0 Å². The average molecular weight is 276 g/mol. The van der Waals surface area contributed by atoms with Gasteiger partial charge in [-0.15, -0.1) is 0 Å². The molecular weight excluding hydrogens is 244 g/mol. The van der Waals surface area contributed by atoms with E-state index >= 15 is 0 Å². The maximum absolute atomic E-state index is 9.52. The second-order valence-corrected chi connectivity index (χ2v) is 8.14. The highest BCUT2D eigenvalue weighted by atomic mass is 15.2. The summed E-state index contributed by atoms with van der Waals surface area (Å²) in [5.41, 5.74) is 0.381. The minimum absolute atomic E-state index is 0.250. The molecule has 2 saturated carbocycles. The number of nitrogens with zero attached hydrogens (tertiary/aromatic N) is 2. The Morgan fingerprint density at radius 2 is 1.65 bits per heavy atom. The molecule has 0 amide bonds. The highest BCUT2D eigenvalue weighted by Gasteiger charge is 2.39. The fraction of sp³-hybridized carbons (Fsp3) is 0.944. The first kappa shape index (κ1) is 15.8. The Kier molecular flexibility index (Phi) is 5.13. The molecule has 0 aromatic carbocycles. The smallest absolute Gasteiger partial charge is 0.0672 e. The topological polar surface area (TPSA) is 27.0 Å². The third kappa shape index (κ3) is 3.55. The van der Waals surface area contributed by atoms with Gasteiger partial charge in [-0.3, -0.25) is 4.90 Å². The Morgan fingerprint density at radius 3 is 2.20 bits per heavy atom. The molecule has 0 heterocycles. The summed E-state index contributed by atoms with van der Waals surface area (Å²) in [5, 5.41) is 9.52. The molecule has 0 bridgehead atoms. The van der Waals surface area contributed by atoms with E-state index in [2.05, 4.69) is 38.8 Å². The van der Waals surface area contributed by atoms with Crippen LogP contribution in [0.15, 0.2) is 0 Å². The Labute approximate surface area is 125 Å². The van der Waals surface area contributed by atoms with E-state index in [1.807, 2.05) is 0 Å². The average Bonchev–Trinajstić information content (AvgIpc) is 2.45. The normalized spacial score (nSPS) is 33.1. The van der Waals surface area contributed by atoms with E-state index < -0.39 is 0 Å². The third-order valence-electron chi connectivity index (χ3n) is 5.88. The summed E-state index contributed by atoms with van der Waals surface area (Å²) < 4.78 is 0. The molecule has 0 aliphatic heterocycles. The molecule has 0 aromatic rings. The molecule has 2 heteroatoms. The summed E-state index contributed by atoms with van der Waals surface area (Å²) in [4.78, 5) is 2.59. The quantitative estimate of drug-likeness (QED) is 0.736. The molecule has 3 atom stereocenters. The zero-order chi connectivity index (χ0) is 14.8. The van der Waals surface area contributed by atoms with Crippen LogP contribution in [-0.2, 0) is 0 Å². The molecule has 0 N–H and O–H groups in total. The Bertz CT molecular complexity index is 343. The van der Waals surface area contributed by atoms with Crippen molar-refractivity contribution in [2.45, 2.75) is 84.2 Å². The molecule has 2 fully saturated rings. The predicted molar refractivity (Wildman–Crippen MR) is 84.3 cm³/mol. The number of nitriles is 1. The van der Waals surface area contributed by atoms with Crippen LogP contribution in [-0.4, -0.2) is 24.0 Å². The van der Waals surface area contributed by atoms with E-state index in [4.69, 9.17) is 0 Å². The fourth-order valence-electron chi connectivity index (χ4n) is 4.29. The Hall–Kier alpha value is -0.550. The van der Waals surface area contributed by atoms with E-state index in [0.717, 1.165) is 18.4 Å². The van der Waals surface area contributed by atoms with Gasteiger partial charge in [-0.1, -0.05) is 40.0 Å². The van der Waals surface area contributed by atoms with Gasteiger partial charge in [0.15, 0.2) is 0 Å². The molecule has 2 nitrogen and oxygen atoms in total. The van der Waals surface area contributed by atoms with Crippen LogP contribution in [0.4, 0.5) is 0 Å². The van der Waals surface area contributed by atoms with Crippen molar-refractivity contribution in [3.05, 3.63) is 0 Å². The monoisotopic (exact) mass is 276 g/mol. The Balaban J connectivity index is 2.06. The van der Waals surface area contributed by atoms with Crippen molar-refractivity contribution in [3.8, 4) is 6.07 Å². The minimum atomic E-state index is 0.250. The second kappa shape index (κ2) is 6.48. The SMILES string of the molecule is CN(C1CCCCC1)C1CC(C(C)(C)C)CCC1C#N. The summed E-state index contributed by atoms with van der Waals surface area (Å²) in [5.74, 6) is 1.02. The van der Waals surface area contributed by atoms with Crippen molar-refractivity contribution in [1.82, 2.24) is 4.90 Å². The van der Waals surface area contributed by atoms with Crippen molar-refractivity contribution in [2.75, 3.05) is 7.05 Å². The summed E-state index contributed by atoms with van der Waals surface area (Å²) in [6.45, 7) is 7.09. The largest absolute Gasteiger partial charge is 0.299 e. The molecule has 2 rings (SSSR count). The van der Waals surface area contributed by atoms with E-state index in [-0.39, 0.29) is 5.92 Å². The third-order valence-corrected chi connectivity index (χ3v) is 5.88. The standard InChI is InChI=1S/C18H32N2/c1-18(2,3)15-11-10-14(13-19)17(12-15)20(4)16-8-6-5-7-9-16/h14-17H,5-12H2,1-4H3. The van der Waals surface area contributed by atoms with Crippen molar-refractivity contribution < 1.29 is 0 Å². The molecule has 2 aliphatic rings. The van der Waals surface area contributed by atoms with Gasteiger partial charge in [0.25, 0.3) is 0 Å². The number of hydrogen-bond acceptors (Lipinski definition) is 2. The zero-order valence-corrected chi connectivity index (χ0v) is 13.9. The van der Waals surface area contributed by atoms with Gasteiger partial charge in [-0.25, -0.2) is 0 Å². The second-order valence-electron chi connectivity index (χ2n) is 8.14. The number of hydrogen-bond donors (Lipinski definition) is 0. The molecule has 20 heavy (non-hydrogen) atoms. The highest BCUT2D eigenvalue weighted by Crippen LogP contribution is 2.42. The van der Waals surface area contributed by atoms with Gasteiger partial charge in [-0.2, -0.15) is 5.26 Å². The van der Waals surface area contributed by atoms with E-state index in [1.165, 1.54) is 44.9 Å². The van der Waals surface area contributed by atoms with Gasteiger partial charge >= 0.3 is 0 Å². The summed E-state index contributed by atoms with van der Waals surface area (Å²) in [7, 11) is 2.29. The van der Waals surface area contributed by atoms with E-state index in [0.29, 0.717) is 11.5 Å². The van der Waals surface area contributed by atoms with Crippen LogP contribution in [0.25, 0.3) is 0 Å². The highest BCUT2D eigenvalue weighted by molar-refractivity contribution is 5.00. The first-order valence-corrected chi connectivity index (χ1v) is 8.55. The van der Waals surface area contributed by atoms with E-state index in [9.17, 15) is 5.26 Å². The summed E-state index contributed by atoms with van der Waals surface area (Å²) in [6.07, 6.45) is 10.4. The van der Waals surface area contributed by atoms with Crippen LogP contribution < -0.4 is 0 Å². The molecule has 114 valence electrons. The van der Waals surface area contributed by atoms with Gasteiger partial charge in [0.2, 0.25) is 0 Å². The maximum atomic E-state index is 9.52. The van der Waals surface area contributed by atoms with Crippen molar-refractivity contribution in [2.24, 2.45) is 17.3 Å².